The third kappa shape index (κ3) is 3.46. The highest BCUT2D eigenvalue weighted by Crippen LogP contribution is 2.24. The fourth-order valence-electron chi connectivity index (χ4n) is 2.73. The second kappa shape index (κ2) is 6.92. The maximum absolute atomic E-state index is 13.1. The summed E-state index contributed by atoms with van der Waals surface area (Å²) >= 11 is 3.39. The van der Waals surface area contributed by atoms with Gasteiger partial charge in [0.1, 0.15) is 16.9 Å². The van der Waals surface area contributed by atoms with Crippen LogP contribution >= 0.6 is 15.9 Å². The zero-order valence-corrected chi connectivity index (χ0v) is 15.9. The van der Waals surface area contributed by atoms with Gasteiger partial charge in [0.05, 0.1) is 11.3 Å². The van der Waals surface area contributed by atoms with Crippen molar-refractivity contribution >= 4 is 38.6 Å². The average molecular weight is 425 g/mol. The van der Waals surface area contributed by atoms with E-state index in [1.54, 1.807) is 24.3 Å². The smallest absolute Gasteiger partial charge is 0.256 e. The van der Waals surface area contributed by atoms with Crippen molar-refractivity contribution in [2.24, 2.45) is 0 Å². The average Bonchev–Trinajstić information content (AvgIpc) is 3.05. The Balaban J connectivity index is 1.68. The molecule has 0 aliphatic carbocycles. The molecule has 0 aliphatic rings. The Morgan fingerprint density at radius 2 is 1.70 bits per heavy atom. The van der Waals surface area contributed by atoms with Crippen LogP contribution in [0.4, 0.5) is 10.1 Å². The zero-order chi connectivity index (χ0) is 19.0. The summed E-state index contributed by atoms with van der Waals surface area (Å²) in [5, 5.41) is 11.8. The quantitative estimate of drug-likeness (QED) is 0.509. The minimum atomic E-state index is -0.316. The number of halogens is 2. The topological polar surface area (TPSA) is 59.8 Å². The molecule has 1 amide bonds. The van der Waals surface area contributed by atoms with Crippen LogP contribution in [0.5, 0.6) is 0 Å². The summed E-state index contributed by atoms with van der Waals surface area (Å²) in [6, 6.07) is 16.8. The summed E-state index contributed by atoms with van der Waals surface area (Å²) in [6.07, 6.45) is 0. The molecule has 0 saturated heterocycles. The van der Waals surface area contributed by atoms with Gasteiger partial charge in [0, 0.05) is 10.2 Å². The molecule has 7 heteroatoms. The Kier molecular flexibility index (Phi) is 4.45. The number of rotatable bonds is 3. The molecule has 0 radical (unpaired) electrons. The van der Waals surface area contributed by atoms with E-state index in [4.69, 9.17) is 0 Å². The number of hydrogen-bond donors (Lipinski definition) is 1. The summed E-state index contributed by atoms with van der Waals surface area (Å²) in [4.78, 5) is 14.0. The van der Waals surface area contributed by atoms with Gasteiger partial charge in [-0.3, -0.25) is 4.79 Å². The molecule has 4 rings (SSSR count). The standard InChI is InChI=1S/C20H14BrFN4O/c1-12-10-18-19(25-26(24-18)14-8-6-13(22)7-9-14)11-17(12)23-20(27)15-4-2-3-5-16(15)21/h2-11H,1H3,(H,23,27). The Hall–Kier alpha value is -3.06. The second-order valence-electron chi connectivity index (χ2n) is 6.06. The summed E-state index contributed by atoms with van der Waals surface area (Å²) in [6.45, 7) is 1.89. The molecular weight excluding hydrogens is 411 g/mol. The lowest BCUT2D eigenvalue weighted by atomic mass is 10.1. The molecule has 0 saturated carbocycles. The number of hydrogen-bond acceptors (Lipinski definition) is 3. The highest BCUT2D eigenvalue weighted by Gasteiger charge is 2.13. The van der Waals surface area contributed by atoms with Crippen LogP contribution in [0.15, 0.2) is 65.1 Å². The number of benzene rings is 3. The lowest BCUT2D eigenvalue weighted by Crippen LogP contribution is -2.13. The third-order valence-electron chi connectivity index (χ3n) is 4.15. The van der Waals surface area contributed by atoms with Crippen LogP contribution in [0.3, 0.4) is 0 Å². The second-order valence-corrected chi connectivity index (χ2v) is 6.91. The molecule has 0 spiro atoms. The van der Waals surface area contributed by atoms with E-state index in [0.29, 0.717) is 28.0 Å². The number of amides is 1. The first-order chi connectivity index (χ1) is 13.0. The van der Waals surface area contributed by atoms with E-state index in [0.717, 1.165) is 10.0 Å². The largest absolute Gasteiger partial charge is 0.322 e. The van der Waals surface area contributed by atoms with Crippen LogP contribution in [-0.4, -0.2) is 20.9 Å². The third-order valence-corrected chi connectivity index (χ3v) is 4.84. The van der Waals surface area contributed by atoms with Crippen molar-refractivity contribution < 1.29 is 9.18 Å². The normalized spacial score (nSPS) is 10.9. The number of carbonyl (C=O) groups is 1. The Morgan fingerprint density at radius 3 is 2.41 bits per heavy atom. The van der Waals surface area contributed by atoms with Crippen LogP contribution in [0, 0.1) is 12.7 Å². The minimum absolute atomic E-state index is 0.212. The van der Waals surface area contributed by atoms with Gasteiger partial charge in [-0.15, -0.1) is 10.2 Å². The highest BCUT2D eigenvalue weighted by atomic mass is 79.9. The van der Waals surface area contributed by atoms with E-state index in [-0.39, 0.29) is 11.7 Å². The van der Waals surface area contributed by atoms with Gasteiger partial charge in [0.15, 0.2) is 0 Å². The van der Waals surface area contributed by atoms with Crippen molar-refractivity contribution in [2.75, 3.05) is 5.32 Å². The molecule has 27 heavy (non-hydrogen) atoms. The van der Waals surface area contributed by atoms with Crippen molar-refractivity contribution in [1.29, 1.82) is 0 Å². The molecule has 0 bridgehead atoms. The molecule has 0 fully saturated rings. The van der Waals surface area contributed by atoms with E-state index in [2.05, 4.69) is 31.4 Å². The van der Waals surface area contributed by atoms with Gasteiger partial charge in [-0.1, -0.05) is 12.1 Å². The molecular formula is C20H14BrFN4O. The van der Waals surface area contributed by atoms with E-state index < -0.39 is 0 Å². The van der Waals surface area contributed by atoms with Crippen LogP contribution in [0.1, 0.15) is 15.9 Å². The molecule has 5 nitrogen and oxygen atoms in total. The molecule has 0 atom stereocenters. The van der Waals surface area contributed by atoms with E-state index in [9.17, 15) is 9.18 Å². The van der Waals surface area contributed by atoms with Gasteiger partial charge in [0.2, 0.25) is 0 Å². The number of fused-ring (bicyclic) bond motifs is 1. The number of anilines is 1. The SMILES string of the molecule is Cc1cc2nn(-c3ccc(F)cc3)nc2cc1NC(=O)c1ccccc1Br. The summed E-state index contributed by atoms with van der Waals surface area (Å²) in [7, 11) is 0. The van der Waals surface area contributed by atoms with Crippen molar-refractivity contribution in [3.8, 4) is 5.69 Å². The van der Waals surface area contributed by atoms with Gasteiger partial charge in [0.25, 0.3) is 5.91 Å². The minimum Gasteiger partial charge on any atom is -0.322 e. The summed E-state index contributed by atoms with van der Waals surface area (Å²) in [5.74, 6) is -0.528. The molecule has 3 aromatic carbocycles. The van der Waals surface area contributed by atoms with Crippen LogP contribution in [0.2, 0.25) is 0 Å². The van der Waals surface area contributed by atoms with Crippen molar-refractivity contribution in [3.63, 3.8) is 0 Å². The zero-order valence-electron chi connectivity index (χ0n) is 14.3. The molecule has 1 N–H and O–H groups in total. The predicted octanol–water partition coefficient (Wildman–Crippen LogP) is 4.88. The molecule has 0 aliphatic heterocycles. The Morgan fingerprint density at radius 1 is 1.04 bits per heavy atom. The van der Waals surface area contributed by atoms with Crippen molar-refractivity contribution in [2.45, 2.75) is 6.92 Å². The number of carbonyl (C=O) groups excluding carboxylic acids is 1. The number of aromatic nitrogens is 3. The first-order valence-corrected chi connectivity index (χ1v) is 9.00. The number of nitrogens with zero attached hydrogens (tertiary/aromatic N) is 3. The lowest BCUT2D eigenvalue weighted by Gasteiger charge is -2.09. The fraction of sp³-hybridized carbons (Fsp3) is 0.0500. The van der Waals surface area contributed by atoms with Gasteiger partial charge in [-0.05, 0) is 76.9 Å². The highest BCUT2D eigenvalue weighted by molar-refractivity contribution is 9.10. The fourth-order valence-corrected chi connectivity index (χ4v) is 3.19. The van der Waals surface area contributed by atoms with Gasteiger partial charge >= 0.3 is 0 Å². The van der Waals surface area contributed by atoms with Gasteiger partial charge in [-0.2, -0.15) is 4.80 Å². The van der Waals surface area contributed by atoms with Crippen LogP contribution in [0.25, 0.3) is 16.7 Å². The van der Waals surface area contributed by atoms with E-state index >= 15 is 0 Å². The van der Waals surface area contributed by atoms with Crippen LogP contribution in [-0.2, 0) is 0 Å². The number of aryl methyl sites for hydroxylation is 1. The van der Waals surface area contributed by atoms with Gasteiger partial charge < -0.3 is 5.32 Å². The van der Waals surface area contributed by atoms with Crippen LogP contribution < -0.4 is 5.32 Å². The van der Waals surface area contributed by atoms with Crippen molar-refractivity contribution in [1.82, 2.24) is 15.0 Å². The lowest BCUT2D eigenvalue weighted by molar-refractivity contribution is 0.102. The molecule has 1 aromatic heterocycles. The van der Waals surface area contributed by atoms with Crippen molar-refractivity contribution in [3.05, 3.63) is 82.1 Å². The molecule has 0 unspecified atom stereocenters. The Bertz CT molecular complexity index is 1150. The van der Waals surface area contributed by atoms with E-state index in [1.807, 2.05) is 31.2 Å². The van der Waals surface area contributed by atoms with E-state index in [1.165, 1.54) is 16.9 Å². The summed E-state index contributed by atoms with van der Waals surface area (Å²) < 4.78 is 13.8. The van der Waals surface area contributed by atoms with Gasteiger partial charge in [-0.25, -0.2) is 4.39 Å². The Labute approximate surface area is 162 Å². The molecule has 1 heterocycles. The summed E-state index contributed by atoms with van der Waals surface area (Å²) in [5.41, 5.74) is 4.06. The first-order valence-electron chi connectivity index (χ1n) is 8.21. The number of nitrogens with one attached hydrogen (secondary N) is 1. The maximum atomic E-state index is 13.1. The predicted molar refractivity (Wildman–Crippen MR) is 106 cm³/mol. The monoisotopic (exact) mass is 424 g/mol. The first kappa shape index (κ1) is 17.4. The molecule has 4 aromatic rings. The molecule has 134 valence electrons. The maximum Gasteiger partial charge on any atom is 0.256 e.